The molecule has 2 aromatic carbocycles. The van der Waals surface area contributed by atoms with Crippen LogP contribution < -0.4 is 11.5 Å². The number of amides is 1. The lowest BCUT2D eigenvalue weighted by atomic mass is 9.99. The molecule has 1 amide bonds. The average molecular weight is 319 g/mol. The number of nitrogen functional groups attached to an aromatic ring is 1. The molecule has 0 saturated heterocycles. The first-order chi connectivity index (χ1) is 11.1. The fourth-order valence-electron chi connectivity index (χ4n) is 2.83. The van der Waals surface area contributed by atoms with Gasteiger partial charge in [0.15, 0.2) is 0 Å². The number of hydrogen-bond acceptors (Lipinski definition) is 4. The normalized spacial score (nSPS) is 11.1. The predicted molar refractivity (Wildman–Crippen MR) is 95.5 cm³/mol. The zero-order valence-electron chi connectivity index (χ0n) is 12.1. The topological polar surface area (TPSA) is 82.0 Å². The maximum atomic E-state index is 11.5. The molecule has 23 heavy (non-hydrogen) atoms. The minimum absolute atomic E-state index is 0.384. The number of rotatable bonds is 2. The molecule has 0 unspecified atom stereocenters. The smallest absolute Gasteiger partial charge is 0.260 e. The van der Waals surface area contributed by atoms with Gasteiger partial charge in [-0.15, -0.1) is 11.3 Å². The highest BCUT2D eigenvalue weighted by Crippen LogP contribution is 2.39. The van der Waals surface area contributed by atoms with Gasteiger partial charge in [-0.05, 0) is 22.4 Å². The van der Waals surface area contributed by atoms with Crippen LogP contribution in [-0.4, -0.2) is 10.9 Å². The van der Waals surface area contributed by atoms with E-state index in [1.807, 2.05) is 18.2 Å². The lowest BCUT2D eigenvalue weighted by molar-refractivity contribution is 0.100. The Morgan fingerprint density at radius 3 is 2.61 bits per heavy atom. The van der Waals surface area contributed by atoms with E-state index >= 15 is 0 Å². The average Bonchev–Trinajstić information content (AvgIpc) is 2.92. The van der Waals surface area contributed by atoms with Crippen molar-refractivity contribution in [2.75, 3.05) is 5.73 Å². The van der Waals surface area contributed by atoms with Gasteiger partial charge >= 0.3 is 0 Å². The fourth-order valence-corrected chi connectivity index (χ4v) is 3.80. The number of benzene rings is 2. The van der Waals surface area contributed by atoms with Crippen molar-refractivity contribution in [3.8, 4) is 11.1 Å². The number of fused-ring (bicyclic) bond motifs is 2. The third-order valence-corrected chi connectivity index (χ3v) is 5.08. The van der Waals surface area contributed by atoms with Crippen molar-refractivity contribution >= 4 is 43.8 Å². The lowest BCUT2D eigenvalue weighted by Gasteiger charge is -2.06. The quantitative estimate of drug-likeness (QED) is 0.589. The van der Waals surface area contributed by atoms with E-state index in [1.165, 1.54) is 16.7 Å². The largest absolute Gasteiger partial charge is 0.397 e. The fraction of sp³-hybridized carbons (Fsp3) is 0. The van der Waals surface area contributed by atoms with Crippen LogP contribution in [0, 0.1) is 0 Å². The molecule has 2 aromatic heterocycles. The van der Waals surface area contributed by atoms with Crippen LogP contribution in [0.1, 0.15) is 9.67 Å². The second kappa shape index (κ2) is 5.07. The van der Waals surface area contributed by atoms with Crippen LogP contribution in [0.25, 0.3) is 32.0 Å². The number of aromatic nitrogens is 1. The summed E-state index contributed by atoms with van der Waals surface area (Å²) in [4.78, 5) is 16.2. The van der Waals surface area contributed by atoms with E-state index in [-0.39, 0.29) is 0 Å². The standard InChI is InChI=1S/C18H13N3OS/c19-16-15-13(8-21-9-14(15)23-17(16)18(20)22)12-6-5-10-3-1-2-4-11(10)7-12/h1-9H,19H2,(H2,20,22). The number of nitrogens with two attached hydrogens (primary N) is 2. The van der Waals surface area contributed by atoms with Crippen molar-refractivity contribution in [3.05, 3.63) is 59.7 Å². The number of pyridine rings is 1. The van der Waals surface area contributed by atoms with Crippen molar-refractivity contribution in [1.29, 1.82) is 0 Å². The first-order valence-corrected chi connectivity index (χ1v) is 7.92. The molecule has 4 rings (SSSR count). The molecule has 0 radical (unpaired) electrons. The predicted octanol–water partition coefficient (Wildman–Crippen LogP) is 3.80. The summed E-state index contributed by atoms with van der Waals surface area (Å²) in [6.45, 7) is 0. The molecule has 0 atom stereocenters. The minimum Gasteiger partial charge on any atom is -0.397 e. The first-order valence-electron chi connectivity index (χ1n) is 7.10. The van der Waals surface area contributed by atoms with Crippen LogP contribution in [-0.2, 0) is 0 Å². The zero-order valence-corrected chi connectivity index (χ0v) is 12.9. The molecule has 112 valence electrons. The van der Waals surface area contributed by atoms with Crippen molar-refractivity contribution in [2.24, 2.45) is 5.73 Å². The highest BCUT2D eigenvalue weighted by atomic mass is 32.1. The van der Waals surface area contributed by atoms with Crippen molar-refractivity contribution in [1.82, 2.24) is 4.98 Å². The Kier molecular flexibility index (Phi) is 3.02. The number of carbonyl (C=O) groups is 1. The number of thiophene rings is 1. The summed E-state index contributed by atoms with van der Waals surface area (Å²) in [5.74, 6) is -0.506. The van der Waals surface area contributed by atoms with Gasteiger partial charge in [0.2, 0.25) is 0 Å². The van der Waals surface area contributed by atoms with Gasteiger partial charge < -0.3 is 11.5 Å². The molecule has 0 saturated carbocycles. The summed E-state index contributed by atoms with van der Waals surface area (Å²) in [6.07, 6.45) is 3.49. The van der Waals surface area contributed by atoms with Crippen LogP contribution in [0.2, 0.25) is 0 Å². The van der Waals surface area contributed by atoms with Gasteiger partial charge in [-0.2, -0.15) is 0 Å². The van der Waals surface area contributed by atoms with Gasteiger partial charge in [-0.3, -0.25) is 9.78 Å². The molecule has 4 aromatic rings. The van der Waals surface area contributed by atoms with Crippen molar-refractivity contribution < 1.29 is 4.79 Å². The molecule has 0 bridgehead atoms. The van der Waals surface area contributed by atoms with E-state index in [9.17, 15) is 4.79 Å². The van der Waals surface area contributed by atoms with Crippen LogP contribution in [0.4, 0.5) is 5.69 Å². The summed E-state index contributed by atoms with van der Waals surface area (Å²) < 4.78 is 0.863. The van der Waals surface area contributed by atoms with E-state index in [1.54, 1.807) is 12.4 Å². The summed E-state index contributed by atoms with van der Waals surface area (Å²) in [5, 5.41) is 3.16. The molecule has 0 aliphatic heterocycles. The molecule has 0 aliphatic carbocycles. The summed E-state index contributed by atoms with van der Waals surface area (Å²) >= 11 is 1.28. The van der Waals surface area contributed by atoms with Gasteiger partial charge in [0.25, 0.3) is 5.91 Å². The Morgan fingerprint density at radius 2 is 1.83 bits per heavy atom. The van der Waals surface area contributed by atoms with Gasteiger partial charge in [0.05, 0.1) is 10.4 Å². The third kappa shape index (κ3) is 2.13. The van der Waals surface area contributed by atoms with Crippen LogP contribution in [0.3, 0.4) is 0 Å². The molecule has 5 heteroatoms. The monoisotopic (exact) mass is 319 g/mol. The summed E-state index contributed by atoms with van der Waals surface area (Å²) in [7, 11) is 0. The van der Waals surface area contributed by atoms with Crippen LogP contribution in [0.15, 0.2) is 54.9 Å². The van der Waals surface area contributed by atoms with E-state index in [0.717, 1.165) is 26.6 Å². The summed E-state index contributed by atoms with van der Waals surface area (Å²) in [5.41, 5.74) is 13.9. The first kappa shape index (κ1) is 13.7. The van der Waals surface area contributed by atoms with Gasteiger partial charge in [0.1, 0.15) is 4.88 Å². The lowest BCUT2D eigenvalue weighted by Crippen LogP contribution is -2.10. The number of primary amides is 1. The van der Waals surface area contributed by atoms with E-state index in [2.05, 4.69) is 29.2 Å². The van der Waals surface area contributed by atoms with Crippen LogP contribution in [0.5, 0.6) is 0 Å². The molecular formula is C18H13N3OS. The zero-order chi connectivity index (χ0) is 16.0. The number of hydrogen-bond donors (Lipinski definition) is 2. The Balaban J connectivity index is 2.02. The molecule has 0 fully saturated rings. The minimum atomic E-state index is -0.506. The van der Waals surface area contributed by atoms with Crippen molar-refractivity contribution in [2.45, 2.75) is 0 Å². The Hall–Kier alpha value is -2.92. The van der Waals surface area contributed by atoms with E-state index in [0.29, 0.717) is 10.6 Å². The van der Waals surface area contributed by atoms with E-state index in [4.69, 9.17) is 11.5 Å². The molecule has 4 nitrogen and oxygen atoms in total. The molecule has 4 N–H and O–H groups in total. The molecule has 0 spiro atoms. The van der Waals surface area contributed by atoms with Crippen LogP contribution >= 0.6 is 11.3 Å². The molecule has 0 aliphatic rings. The van der Waals surface area contributed by atoms with Crippen molar-refractivity contribution in [3.63, 3.8) is 0 Å². The maximum absolute atomic E-state index is 11.5. The second-order valence-electron chi connectivity index (χ2n) is 5.33. The Morgan fingerprint density at radius 1 is 1.04 bits per heavy atom. The Labute approximate surface area is 136 Å². The van der Waals surface area contributed by atoms with Gasteiger partial charge in [0, 0.05) is 23.3 Å². The maximum Gasteiger partial charge on any atom is 0.260 e. The third-order valence-electron chi connectivity index (χ3n) is 3.92. The number of nitrogens with zero attached hydrogens (tertiary/aromatic N) is 1. The SMILES string of the molecule is NC(=O)c1sc2cncc(-c3ccc4ccccc4c3)c2c1N. The Bertz CT molecular complexity index is 1070. The van der Waals surface area contributed by atoms with Gasteiger partial charge in [-0.25, -0.2) is 0 Å². The highest BCUT2D eigenvalue weighted by molar-refractivity contribution is 7.21. The van der Waals surface area contributed by atoms with E-state index < -0.39 is 5.91 Å². The number of anilines is 1. The molecule has 2 heterocycles. The number of carbonyl (C=O) groups excluding carboxylic acids is 1. The highest BCUT2D eigenvalue weighted by Gasteiger charge is 2.17. The summed E-state index contributed by atoms with van der Waals surface area (Å²) in [6, 6.07) is 14.4. The molecular weight excluding hydrogens is 306 g/mol. The van der Waals surface area contributed by atoms with Gasteiger partial charge in [-0.1, -0.05) is 36.4 Å². The second-order valence-corrected chi connectivity index (χ2v) is 6.38.